The first-order chi connectivity index (χ1) is 15.9. The molecule has 4 aromatic rings. The third-order valence-corrected chi connectivity index (χ3v) is 5.59. The summed E-state index contributed by atoms with van der Waals surface area (Å²) in [6.07, 6.45) is 3.33. The molecule has 0 spiro atoms. The Balaban J connectivity index is 1.68. The molecule has 0 fully saturated rings. The normalized spacial score (nSPS) is 11.6. The van der Waals surface area contributed by atoms with Crippen molar-refractivity contribution >= 4 is 29.1 Å². The molecule has 1 amide bonds. The van der Waals surface area contributed by atoms with Crippen LogP contribution in [0, 0.1) is 0 Å². The molecule has 0 aliphatic carbocycles. The molecule has 33 heavy (non-hydrogen) atoms. The quantitative estimate of drug-likeness (QED) is 0.367. The molecule has 0 aliphatic heterocycles. The Morgan fingerprint density at radius 1 is 1.00 bits per heavy atom. The molecule has 0 radical (unpaired) electrons. The van der Waals surface area contributed by atoms with Crippen LogP contribution in [0.3, 0.4) is 0 Å². The fraction of sp³-hybridized carbons (Fsp3) is 0.120. The van der Waals surface area contributed by atoms with Crippen LogP contribution in [0.5, 0.6) is 5.75 Å². The van der Waals surface area contributed by atoms with Crippen molar-refractivity contribution in [3.8, 4) is 28.4 Å². The van der Waals surface area contributed by atoms with E-state index in [4.69, 9.17) is 27.9 Å². The van der Waals surface area contributed by atoms with Gasteiger partial charge in [-0.25, -0.2) is 9.97 Å². The van der Waals surface area contributed by atoms with E-state index in [-0.39, 0.29) is 17.6 Å². The van der Waals surface area contributed by atoms with E-state index in [1.807, 2.05) is 31.2 Å². The average molecular weight is 479 g/mol. The maximum Gasteiger partial charge on any atom is 0.270 e. The summed E-state index contributed by atoms with van der Waals surface area (Å²) < 4.78 is 5.20. The molecule has 0 unspecified atom stereocenters. The number of hydrogen-bond donors (Lipinski definition) is 1. The van der Waals surface area contributed by atoms with Gasteiger partial charge in [0, 0.05) is 28.5 Å². The molecule has 1 N–H and O–H groups in total. The summed E-state index contributed by atoms with van der Waals surface area (Å²) in [5.41, 5.74) is 3.20. The van der Waals surface area contributed by atoms with E-state index in [0.717, 1.165) is 11.1 Å². The van der Waals surface area contributed by atoms with Crippen molar-refractivity contribution in [2.45, 2.75) is 13.0 Å². The second kappa shape index (κ2) is 9.98. The Morgan fingerprint density at radius 3 is 2.45 bits per heavy atom. The number of carbonyl (C=O) groups is 1. The summed E-state index contributed by atoms with van der Waals surface area (Å²) in [7, 11) is 1.55. The molecule has 6 nitrogen and oxygen atoms in total. The summed E-state index contributed by atoms with van der Waals surface area (Å²) in [5, 5.41) is 4.07. The summed E-state index contributed by atoms with van der Waals surface area (Å²) in [6.45, 7) is 1.87. The standard InChI is InChI=1S/C25H20Cl2N4O2/c1-15(17-7-10-23(33-2)20(27)12-17)29-25(32)22-13-21(16-5-8-19(26)9-6-16)30-24(31-22)18-4-3-11-28-14-18/h3-15H,1-2H3,(H,29,32)/t15-/m0/s1. The largest absolute Gasteiger partial charge is 0.495 e. The highest BCUT2D eigenvalue weighted by molar-refractivity contribution is 6.32. The van der Waals surface area contributed by atoms with Crippen LogP contribution in [0.25, 0.3) is 22.6 Å². The minimum atomic E-state index is -0.336. The molecule has 1 atom stereocenters. The lowest BCUT2D eigenvalue weighted by atomic mass is 10.1. The van der Waals surface area contributed by atoms with Gasteiger partial charge in [0.25, 0.3) is 5.91 Å². The van der Waals surface area contributed by atoms with E-state index in [2.05, 4.69) is 20.3 Å². The van der Waals surface area contributed by atoms with Crippen molar-refractivity contribution < 1.29 is 9.53 Å². The minimum Gasteiger partial charge on any atom is -0.495 e. The van der Waals surface area contributed by atoms with Crippen molar-refractivity contribution in [3.63, 3.8) is 0 Å². The van der Waals surface area contributed by atoms with Crippen molar-refractivity contribution in [1.29, 1.82) is 0 Å². The van der Waals surface area contributed by atoms with Gasteiger partial charge < -0.3 is 10.1 Å². The fourth-order valence-electron chi connectivity index (χ4n) is 3.26. The number of nitrogens with one attached hydrogen (secondary N) is 1. The van der Waals surface area contributed by atoms with Crippen LogP contribution in [0.15, 0.2) is 73.1 Å². The summed E-state index contributed by atoms with van der Waals surface area (Å²) in [4.78, 5) is 26.5. The van der Waals surface area contributed by atoms with E-state index >= 15 is 0 Å². The average Bonchev–Trinajstić information content (AvgIpc) is 2.84. The zero-order valence-corrected chi connectivity index (χ0v) is 19.4. The maximum atomic E-state index is 13.2. The van der Waals surface area contributed by atoms with Crippen LogP contribution >= 0.6 is 23.2 Å². The third kappa shape index (κ3) is 5.30. The fourth-order valence-corrected chi connectivity index (χ4v) is 3.65. The first kappa shape index (κ1) is 22.7. The van der Waals surface area contributed by atoms with Gasteiger partial charge in [0.05, 0.1) is 23.9 Å². The molecule has 166 valence electrons. The van der Waals surface area contributed by atoms with E-state index < -0.39 is 0 Å². The molecule has 0 saturated carbocycles. The Hall–Kier alpha value is -3.48. The van der Waals surface area contributed by atoms with E-state index in [0.29, 0.717) is 32.9 Å². The van der Waals surface area contributed by atoms with Gasteiger partial charge in [0.2, 0.25) is 0 Å². The van der Waals surface area contributed by atoms with Crippen LogP contribution in [0.1, 0.15) is 29.0 Å². The molecular weight excluding hydrogens is 459 g/mol. The lowest BCUT2D eigenvalue weighted by Crippen LogP contribution is -2.27. The summed E-state index contributed by atoms with van der Waals surface area (Å²) in [5.74, 6) is 0.640. The Labute approximate surface area is 201 Å². The van der Waals surface area contributed by atoms with Gasteiger partial charge in [-0.2, -0.15) is 0 Å². The Bertz CT molecular complexity index is 1280. The van der Waals surface area contributed by atoms with E-state index in [9.17, 15) is 4.79 Å². The predicted octanol–water partition coefficient (Wildman–Crippen LogP) is 6.01. The zero-order chi connectivity index (χ0) is 23.4. The van der Waals surface area contributed by atoms with Crippen molar-refractivity contribution in [1.82, 2.24) is 20.3 Å². The summed E-state index contributed by atoms with van der Waals surface area (Å²) in [6, 6.07) is 17.6. The summed E-state index contributed by atoms with van der Waals surface area (Å²) >= 11 is 12.3. The van der Waals surface area contributed by atoms with E-state index in [1.54, 1.807) is 55.9 Å². The highest BCUT2D eigenvalue weighted by Gasteiger charge is 2.17. The van der Waals surface area contributed by atoms with Crippen LogP contribution in [-0.4, -0.2) is 28.0 Å². The molecule has 0 bridgehead atoms. The zero-order valence-electron chi connectivity index (χ0n) is 17.9. The molecule has 8 heteroatoms. The van der Waals surface area contributed by atoms with Gasteiger partial charge in [0.1, 0.15) is 11.4 Å². The van der Waals surface area contributed by atoms with Crippen molar-refractivity contribution in [2.24, 2.45) is 0 Å². The van der Waals surface area contributed by atoms with Crippen LogP contribution in [-0.2, 0) is 0 Å². The van der Waals surface area contributed by atoms with Gasteiger partial charge >= 0.3 is 0 Å². The molecular formula is C25H20Cl2N4O2. The van der Waals surface area contributed by atoms with Crippen LogP contribution in [0.2, 0.25) is 10.0 Å². The molecule has 2 aromatic heterocycles. The second-order valence-electron chi connectivity index (χ2n) is 7.30. The monoisotopic (exact) mass is 478 g/mol. The number of rotatable bonds is 6. The number of carbonyl (C=O) groups excluding carboxylic acids is 1. The number of benzene rings is 2. The highest BCUT2D eigenvalue weighted by atomic mass is 35.5. The number of hydrogen-bond acceptors (Lipinski definition) is 5. The predicted molar refractivity (Wildman–Crippen MR) is 130 cm³/mol. The second-order valence-corrected chi connectivity index (χ2v) is 8.14. The van der Waals surface area contributed by atoms with Gasteiger partial charge in [-0.3, -0.25) is 9.78 Å². The lowest BCUT2D eigenvalue weighted by Gasteiger charge is -2.16. The van der Waals surface area contributed by atoms with Crippen molar-refractivity contribution in [3.05, 3.63) is 94.4 Å². The first-order valence-corrected chi connectivity index (χ1v) is 10.9. The number of amides is 1. The number of nitrogens with zero attached hydrogens (tertiary/aromatic N) is 3. The number of pyridine rings is 1. The highest BCUT2D eigenvalue weighted by Crippen LogP contribution is 2.28. The number of methoxy groups -OCH3 is 1. The minimum absolute atomic E-state index is 0.236. The number of ether oxygens (including phenoxy) is 1. The molecule has 0 aliphatic rings. The lowest BCUT2D eigenvalue weighted by molar-refractivity contribution is 0.0935. The molecule has 4 rings (SSSR count). The smallest absolute Gasteiger partial charge is 0.270 e. The third-order valence-electron chi connectivity index (χ3n) is 5.04. The Morgan fingerprint density at radius 2 is 1.79 bits per heavy atom. The number of halogens is 2. The topological polar surface area (TPSA) is 77.0 Å². The van der Waals surface area contributed by atoms with Gasteiger partial charge in [-0.05, 0) is 55.0 Å². The van der Waals surface area contributed by atoms with Crippen molar-refractivity contribution in [2.75, 3.05) is 7.11 Å². The Kier molecular flexibility index (Phi) is 6.87. The number of aromatic nitrogens is 3. The first-order valence-electron chi connectivity index (χ1n) is 10.1. The van der Waals surface area contributed by atoms with Gasteiger partial charge in [-0.15, -0.1) is 0 Å². The van der Waals surface area contributed by atoms with Gasteiger partial charge in [-0.1, -0.05) is 41.4 Å². The van der Waals surface area contributed by atoms with E-state index in [1.165, 1.54) is 0 Å². The van der Waals surface area contributed by atoms with Crippen LogP contribution < -0.4 is 10.1 Å². The molecule has 2 aromatic carbocycles. The van der Waals surface area contributed by atoms with Gasteiger partial charge in [0.15, 0.2) is 5.82 Å². The van der Waals surface area contributed by atoms with Crippen LogP contribution in [0.4, 0.5) is 0 Å². The molecule has 0 saturated heterocycles. The SMILES string of the molecule is COc1ccc([C@H](C)NC(=O)c2cc(-c3ccc(Cl)cc3)nc(-c3cccnc3)n2)cc1Cl. The maximum absolute atomic E-state index is 13.2. The molecule has 2 heterocycles.